The van der Waals surface area contributed by atoms with E-state index in [1.807, 2.05) is 31.2 Å². The zero-order chi connectivity index (χ0) is 18.7. The summed E-state index contributed by atoms with van der Waals surface area (Å²) in [5.74, 6) is -1.36. The summed E-state index contributed by atoms with van der Waals surface area (Å²) in [7, 11) is 0. The van der Waals surface area contributed by atoms with E-state index < -0.39 is 5.97 Å². The zero-order valence-electron chi connectivity index (χ0n) is 14.4. The van der Waals surface area contributed by atoms with Crippen molar-refractivity contribution >= 4 is 17.6 Å². The number of carboxylic acids is 1. The number of carbonyl (C=O) groups excluding carboxylic acids is 1. The molecule has 0 saturated carbocycles. The van der Waals surface area contributed by atoms with E-state index in [0.29, 0.717) is 36.1 Å². The van der Waals surface area contributed by atoms with Crippen LogP contribution in [0.25, 0.3) is 11.1 Å². The fraction of sp³-hybridized carbons (Fsp3) is 0.190. The van der Waals surface area contributed by atoms with Gasteiger partial charge in [-0.1, -0.05) is 18.2 Å². The Kier molecular flexibility index (Phi) is 4.85. The number of carbonyl (C=O) groups is 2. The van der Waals surface area contributed by atoms with Crippen molar-refractivity contribution in [2.45, 2.75) is 26.2 Å². The van der Waals surface area contributed by atoms with Crippen LogP contribution in [-0.4, -0.2) is 17.0 Å². The third-order valence-electron chi connectivity index (χ3n) is 4.56. The second-order valence-electron chi connectivity index (χ2n) is 6.29. The van der Waals surface area contributed by atoms with Gasteiger partial charge in [0.15, 0.2) is 0 Å². The van der Waals surface area contributed by atoms with E-state index >= 15 is 0 Å². The molecule has 5 nitrogen and oxygen atoms in total. The Bertz CT molecular complexity index is 950. The maximum atomic E-state index is 12.4. The lowest BCUT2D eigenvalue weighted by Gasteiger charge is -2.11. The largest absolute Gasteiger partial charge is 0.478 e. The molecule has 1 amide bonds. The molecule has 0 heterocycles. The summed E-state index contributed by atoms with van der Waals surface area (Å²) in [4.78, 5) is 23.6. The van der Waals surface area contributed by atoms with E-state index in [9.17, 15) is 14.7 Å². The van der Waals surface area contributed by atoms with Gasteiger partial charge in [-0.15, -0.1) is 0 Å². The minimum atomic E-state index is -1.01. The van der Waals surface area contributed by atoms with Gasteiger partial charge in [0.1, 0.15) is 0 Å². The fourth-order valence-electron chi connectivity index (χ4n) is 3.23. The quantitative estimate of drug-likeness (QED) is 0.874. The van der Waals surface area contributed by atoms with Crippen molar-refractivity contribution < 1.29 is 14.7 Å². The van der Waals surface area contributed by atoms with Crippen molar-refractivity contribution in [2.75, 3.05) is 5.32 Å². The smallest absolute Gasteiger partial charge is 0.332 e. The Morgan fingerprint density at radius 3 is 2.38 bits per heavy atom. The predicted molar refractivity (Wildman–Crippen MR) is 98.5 cm³/mol. The number of nitrogens with zero attached hydrogens (tertiary/aromatic N) is 1. The molecule has 0 atom stereocenters. The molecule has 0 radical (unpaired) electrons. The molecule has 26 heavy (non-hydrogen) atoms. The molecule has 130 valence electrons. The Labute approximate surface area is 151 Å². The number of amides is 1. The summed E-state index contributed by atoms with van der Waals surface area (Å²) >= 11 is 0. The van der Waals surface area contributed by atoms with Crippen LogP contribution in [0.4, 0.5) is 5.69 Å². The van der Waals surface area contributed by atoms with Crippen LogP contribution in [0.1, 0.15) is 30.4 Å². The topological polar surface area (TPSA) is 90.2 Å². The molecule has 0 aromatic heterocycles. The average molecular weight is 346 g/mol. The molecule has 0 spiro atoms. The van der Waals surface area contributed by atoms with E-state index in [-0.39, 0.29) is 11.5 Å². The summed E-state index contributed by atoms with van der Waals surface area (Å²) in [6, 6.07) is 15.0. The molecule has 0 fully saturated rings. The summed E-state index contributed by atoms with van der Waals surface area (Å²) in [5.41, 5.74) is 4.80. The highest BCUT2D eigenvalue weighted by Gasteiger charge is 2.25. The third kappa shape index (κ3) is 3.50. The van der Waals surface area contributed by atoms with E-state index in [1.54, 1.807) is 18.2 Å². The van der Waals surface area contributed by atoms with Crippen LogP contribution in [0.15, 0.2) is 53.6 Å². The molecule has 0 bridgehead atoms. The molecular weight excluding hydrogens is 328 g/mol. The zero-order valence-corrected chi connectivity index (χ0v) is 14.4. The maximum absolute atomic E-state index is 12.4. The average Bonchev–Trinajstić information content (AvgIpc) is 3.12. The Morgan fingerprint density at radius 1 is 1.08 bits per heavy atom. The highest BCUT2D eigenvalue weighted by atomic mass is 16.4. The van der Waals surface area contributed by atoms with Gasteiger partial charge in [-0.2, -0.15) is 5.26 Å². The van der Waals surface area contributed by atoms with Gasteiger partial charge in [0.25, 0.3) is 5.91 Å². The second kappa shape index (κ2) is 7.24. The van der Waals surface area contributed by atoms with Crippen LogP contribution in [0.2, 0.25) is 0 Å². The maximum Gasteiger partial charge on any atom is 0.332 e. The van der Waals surface area contributed by atoms with Crippen molar-refractivity contribution in [1.29, 1.82) is 5.26 Å². The number of hydrogen-bond donors (Lipinski definition) is 2. The van der Waals surface area contributed by atoms with Gasteiger partial charge in [0.05, 0.1) is 11.6 Å². The molecule has 0 aliphatic heterocycles. The first-order chi connectivity index (χ1) is 12.5. The van der Waals surface area contributed by atoms with E-state index in [1.165, 1.54) is 0 Å². The number of benzene rings is 2. The summed E-state index contributed by atoms with van der Waals surface area (Å²) in [6.45, 7) is 1.95. The first kappa shape index (κ1) is 17.4. The number of aryl methyl sites for hydroxylation is 1. The molecule has 1 aliphatic carbocycles. The molecule has 0 saturated heterocycles. The van der Waals surface area contributed by atoms with Gasteiger partial charge < -0.3 is 10.4 Å². The lowest BCUT2D eigenvalue weighted by atomic mass is 9.99. The molecule has 2 N–H and O–H groups in total. The van der Waals surface area contributed by atoms with E-state index in [0.717, 1.165) is 16.7 Å². The van der Waals surface area contributed by atoms with Gasteiger partial charge in [-0.3, -0.25) is 4.79 Å². The molecular formula is C21H18N2O3. The predicted octanol–water partition coefficient (Wildman–Crippen LogP) is 4.04. The number of aliphatic carboxylic acids is 1. The van der Waals surface area contributed by atoms with Gasteiger partial charge in [-0.25, -0.2) is 4.79 Å². The Hall–Kier alpha value is -3.39. The Balaban J connectivity index is 1.81. The van der Waals surface area contributed by atoms with Crippen LogP contribution >= 0.6 is 0 Å². The SMILES string of the molecule is Cc1cc(NC(=O)C2=C(C(=O)O)CCC2)ccc1-c1ccc(C#N)cc1. The van der Waals surface area contributed by atoms with Gasteiger partial charge in [0.2, 0.25) is 0 Å². The number of hydrogen-bond acceptors (Lipinski definition) is 3. The minimum Gasteiger partial charge on any atom is -0.478 e. The van der Waals surface area contributed by atoms with E-state index in [2.05, 4.69) is 11.4 Å². The third-order valence-corrected chi connectivity index (χ3v) is 4.56. The first-order valence-electron chi connectivity index (χ1n) is 8.37. The molecule has 5 heteroatoms. The number of rotatable bonds is 4. The summed E-state index contributed by atoms with van der Waals surface area (Å²) in [6.07, 6.45) is 1.63. The highest BCUT2D eigenvalue weighted by Crippen LogP contribution is 2.29. The fourth-order valence-corrected chi connectivity index (χ4v) is 3.23. The minimum absolute atomic E-state index is 0.216. The van der Waals surface area contributed by atoms with E-state index in [4.69, 9.17) is 5.26 Å². The van der Waals surface area contributed by atoms with Crippen LogP contribution in [-0.2, 0) is 9.59 Å². The number of carboxylic acid groups (broad SMARTS) is 1. The van der Waals surface area contributed by atoms with Crippen molar-refractivity contribution in [3.63, 3.8) is 0 Å². The summed E-state index contributed by atoms with van der Waals surface area (Å²) < 4.78 is 0. The van der Waals surface area contributed by atoms with Crippen molar-refractivity contribution in [3.8, 4) is 17.2 Å². The standard InChI is InChI=1S/C21H18N2O3/c1-13-11-16(23-20(24)18-3-2-4-19(18)21(25)26)9-10-17(13)15-7-5-14(12-22)6-8-15/h5-11H,2-4H2,1H3,(H,23,24)(H,25,26). The monoisotopic (exact) mass is 346 g/mol. The summed E-state index contributed by atoms with van der Waals surface area (Å²) in [5, 5.41) is 20.9. The van der Waals surface area contributed by atoms with Crippen molar-refractivity contribution in [1.82, 2.24) is 0 Å². The second-order valence-corrected chi connectivity index (χ2v) is 6.29. The molecule has 3 rings (SSSR count). The van der Waals surface area contributed by atoms with Crippen LogP contribution < -0.4 is 5.32 Å². The Morgan fingerprint density at radius 2 is 1.77 bits per heavy atom. The van der Waals surface area contributed by atoms with Crippen LogP contribution in [0.5, 0.6) is 0 Å². The van der Waals surface area contributed by atoms with Gasteiger partial charge in [-0.05, 0) is 67.1 Å². The normalized spacial score (nSPS) is 13.4. The van der Waals surface area contributed by atoms with Crippen LogP contribution in [0, 0.1) is 18.3 Å². The lowest BCUT2D eigenvalue weighted by molar-refractivity contribution is -0.133. The van der Waals surface area contributed by atoms with Crippen molar-refractivity contribution in [3.05, 3.63) is 64.7 Å². The molecule has 1 aliphatic rings. The van der Waals surface area contributed by atoms with Gasteiger partial charge in [0, 0.05) is 16.8 Å². The number of anilines is 1. The van der Waals surface area contributed by atoms with Crippen LogP contribution in [0.3, 0.4) is 0 Å². The molecule has 0 unspecified atom stereocenters. The molecule has 2 aromatic carbocycles. The number of nitrogens with one attached hydrogen (secondary N) is 1. The lowest BCUT2D eigenvalue weighted by Crippen LogP contribution is -2.16. The van der Waals surface area contributed by atoms with Gasteiger partial charge >= 0.3 is 5.97 Å². The number of nitriles is 1. The first-order valence-corrected chi connectivity index (χ1v) is 8.37. The van der Waals surface area contributed by atoms with Crippen molar-refractivity contribution in [2.24, 2.45) is 0 Å². The highest BCUT2D eigenvalue weighted by molar-refractivity contribution is 6.09. The molecule has 2 aromatic rings.